The van der Waals surface area contributed by atoms with Crippen LogP contribution in [0.4, 0.5) is 5.69 Å². The van der Waals surface area contributed by atoms with Crippen LogP contribution in [0, 0.1) is 5.92 Å². The van der Waals surface area contributed by atoms with E-state index in [0.717, 1.165) is 29.1 Å². The first-order valence-electron chi connectivity index (χ1n) is 9.49. The van der Waals surface area contributed by atoms with E-state index in [0.29, 0.717) is 12.5 Å². The average molecular weight is 384 g/mol. The Morgan fingerprint density at radius 2 is 2.29 bits per heavy atom. The summed E-state index contributed by atoms with van der Waals surface area (Å²) in [7, 11) is 1.33. The van der Waals surface area contributed by atoms with E-state index in [9.17, 15) is 9.59 Å². The first-order chi connectivity index (χ1) is 13.7. The van der Waals surface area contributed by atoms with Crippen LogP contribution in [0.5, 0.6) is 0 Å². The van der Waals surface area contributed by atoms with Crippen molar-refractivity contribution in [1.29, 1.82) is 0 Å². The molecular formula is C20H24N4O4. The molecule has 1 aromatic carbocycles. The topological polar surface area (TPSA) is 105 Å². The summed E-state index contributed by atoms with van der Waals surface area (Å²) in [6.07, 6.45) is 4.98. The molecule has 1 aromatic heterocycles. The van der Waals surface area contributed by atoms with Crippen LogP contribution < -0.4 is 10.6 Å². The smallest absolute Gasteiger partial charge is 0.307 e. The van der Waals surface area contributed by atoms with Crippen molar-refractivity contribution in [2.75, 3.05) is 25.6 Å². The van der Waals surface area contributed by atoms with Gasteiger partial charge in [0.15, 0.2) is 0 Å². The number of nitrogens with one attached hydrogen (secondary N) is 3. The second kappa shape index (κ2) is 8.02. The minimum Gasteiger partial charge on any atom is -0.469 e. The van der Waals surface area contributed by atoms with Gasteiger partial charge in [0.2, 0.25) is 5.91 Å². The van der Waals surface area contributed by atoms with Gasteiger partial charge in [-0.05, 0) is 18.1 Å². The first kappa shape index (κ1) is 18.5. The standard InChI is InChI=1S/C20H24N4O4/c1-27-17(26)4-6-21-16(25)11-12-2-3-15-14(10-12)19-13(5-9-28-19)18(24-15)20-22-7-8-23-20/h2-3,7-8,10,13,18-19,24H,4-6,9,11H2,1H3,(H,21,25)(H,22,23)/t13-,18-,19-/m1/s1. The molecule has 8 heteroatoms. The number of carbonyl (C=O) groups excluding carboxylic acids is 2. The van der Waals surface area contributed by atoms with Crippen LogP contribution in [0.1, 0.15) is 41.9 Å². The molecule has 3 heterocycles. The van der Waals surface area contributed by atoms with Gasteiger partial charge in [0.1, 0.15) is 5.82 Å². The van der Waals surface area contributed by atoms with Crippen molar-refractivity contribution in [2.45, 2.75) is 31.4 Å². The van der Waals surface area contributed by atoms with Crippen LogP contribution in [0.25, 0.3) is 0 Å². The molecule has 0 saturated carbocycles. The van der Waals surface area contributed by atoms with E-state index in [-0.39, 0.29) is 43.4 Å². The summed E-state index contributed by atoms with van der Waals surface area (Å²) in [5, 5.41) is 6.33. The summed E-state index contributed by atoms with van der Waals surface area (Å²) < 4.78 is 10.6. The Bertz CT molecular complexity index is 852. The molecule has 2 aliphatic heterocycles. The minimum absolute atomic E-state index is 0.00585. The van der Waals surface area contributed by atoms with Crippen molar-refractivity contribution in [3.63, 3.8) is 0 Å². The molecular weight excluding hydrogens is 360 g/mol. The molecule has 0 unspecified atom stereocenters. The van der Waals surface area contributed by atoms with Gasteiger partial charge in [0, 0.05) is 42.7 Å². The van der Waals surface area contributed by atoms with Gasteiger partial charge in [0.05, 0.1) is 32.1 Å². The van der Waals surface area contributed by atoms with Crippen LogP contribution >= 0.6 is 0 Å². The molecule has 1 fully saturated rings. The number of imidazole rings is 1. The van der Waals surface area contributed by atoms with E-state index in [4.69, 9.17) is 4.74 Å². The molecule has 8 nitrogen and oxygen atoms in total. The van der Waals surface area contributed by atoms with Crippen molar-refractivity contribution >= 4 is 17.6 Å². The van der Waals surface area contributed by atoms with Gasteiger partial charge in [0.25, 0.3) is 0 Å². The van der Waals surface area contributed by atoms with Crippen molar-refractivity contribution in [2.24, 2.45) is 5.92 Å². The molecule has 0 bridgehead atoms. The zero-order valence-electron chi connectivity index (χ0n) is 15.7. The molecule has 148 valence electrons. The van der Waals surface area contributed by atoms with Gasteiger partial charge in [-0.25, -0.2) is 4.98 Å². The third-order valence-corrected chi connectivity index (χ3v) is 5.36. The van der Waals surface area contributed by atoms with E-state index in [1.54, 1.807) is 6.20 Å². The highest BCUT2D eigenvalue weighted by Gasteiger charge is 2.42. The number of esters is 1. The Morgan fingerprint density at radius 3 is 3.07 bits per heavy atom. The number of fused-ring (bicyclic) bond motifs is 3. The number of aromatic amines is 1. The van der Waals surface area contributed by atoms with Gasteiger partial charge < -0.3 is 25.1 Å². The van der Waals surface area contributed by atoms with Crippen molar-refractivity contribution in [1.82, 2.24) is 15.3 Å². The Balaban J connectivity index is 1.46. The molecule has 2 aromatic rings. The van der Waals surface area contributed by atoms with Crippen LogP contribution in [-0.2, 0) is 25.5 Å². The zero-order chi connectivity index (χ0) is 19.5. The van der Waals surface area contributed by atoms with Gasteiger partial charge in [-0.15, -0.1) is 0 Å². The second-order valence-electron chi connectivity index (χ2n) is 7.11. The maximum absolute atomic E-state index is 12.2. The van der Waals surface area contributed by atoms with Gasteiger partial charge in [-0.2, -0.15) is 0 Å². The zero-order valence-corrected chi connectivity index (χ0v) is 15.7. The van der Waals surface area contributed by atoms with Crippen LogP contribution in [0.2, 0.25) is 0 Å². The molecule has 3 N–H and O–H groups in total. The Labute approximate surface area is 163 Å². The second-order valence-corrected chi connectivity index (χ2v) is 7.11. The van der Waals surface area contributed by atoms with Crippen LogP contribution in [0.3, 0.4) is 0 Å². The lowest BCUT2D eigenvalue weighted by Crippen LogP contribution is -2.30. The van der Waals surface area contributed by atoms with E-state index in [1.807, 2.05) is 24.4 Å². The third kappa shape index (κ3) is 3.73. The lowest BCUT2D eigenvalue weighted by molar-refractivity contribution is -0.140. The van der Waals surface area contributed by atoms with E-state index < -0.39 is 0 Å². The number of carbonyl (C=O) groups is 2. The highest BCUT2D eigenvalue weighted by atomic mass is 16.5. The fraction of sp³-hybridized carbons (Fsp3) is 0.450. The summed E-state index contributed by atoms with van der Waals surface area (Å²) in [5.41, 5.74) is 3.02. The Morgan fingerprint density at radius 1 is 1.39 bits per heavy atom. The first-order valence-corrected chi connectivity index (χ1v) is 9.49. The number of nitrogens with zero attached hydrogens (tertiary/aromatic N) is 1. The number of hydrogen-bond donors (Lipinski definition) is 3. The van der Waals surface area contributed by atoms with Crippen molar-refractivity contribution in [3.05, 3.63) is 47.5 Å². The van der Waals surface area contributed by atoms with Gasteiger partial charge in [-0.1, -0.05) is 12.1 Å². The van der Waals surface area contributed by atoms with Crippen LogP contribution in [0.15, 0.2) is 30.6 Å². The van der Waals surface area contributed by atoms with Gasteiger partial charge in [-0.3, -0.25) is 9.59 Å². The maximum Gasteiger partial charge on any atom is 0.307 e. The summed E-state index contributed by atoms with van der Waals surface area (Å²) >= 11 is 0. The molecule has 4 rings (SSSR count). The number of benzene rings is 1. The highest BCUT2D eigenvalue weighted by molar-refractivity contribution is 5.79. The number of amides is 1. The molecule has 1 saturated heterocycles. The minimum atomic E-state index is -0.337. The predicted octanol–water partition coefficient (Wildman–Crippen LogP) is 1.88. The summed E-state index contributed by atoms with van der Waals surface area (Å²) in [6, 6.07) is 6.08. The number of hydrogen-bond acceptors (Lipinski definition) is 6. The van der Waals surface area contributed by atoms with Crippen LogP contribution in [-0.4, -0.2) is 42.1 Å². The Hall–Kier alpha value is -2.87. The number of methoxy groups -OCH3 is 1. The maximum atomic E-state index is 12.2. The third-order valence-electron chi connectivity index (χ3n) is 5.36. The molecule has 0 radical (unpaired) electrons. The van der Waals surface area contributed by atoms with Gasteiger partial charge >= 0.3 is 5.97 Å². The normalized spacial score (nSPS) is 22.7. The number of H-pyrrole nitrogens is 1. The average Bonchev–Trinajstić information content (AvgIpc) is 3.39. The molecule has 0 aliphatic carbocycles. The molecule has 0 spiro atoms. The fourth-order valence-electron chi connectivity index (χ4n) is 4.00. The summed E-state index contributed by atoms with van der Waals surface area (Å²) in [5.74, 6) is 0.753. The van der Waals surface area contributed by atoms with Crippen molar-refractivity contribution < 1.29 is 19.1 Å². The Kier molecular flexibility index (Phi) is 5.29. The van der Waals surface area contributed by atoms with E-state index in [2.05, 4.69) is 25.3 Å². The number of aromatic nitrogens is 2. The molecule has 28 heavy (non-hydrogen) atoms. The largest absolute Gasteiger partial charge is 0.469 e. The molecule has 3 atom stereocenters. The lowest BCUT2D eigenvalue weighted by Gasteiger charge is -2.35. The van der Waals surface area contributed by atoms with E-state index >= 15 is 0 Å². The predicted molar refractivity (Wildman–Crippen MR) is 102 cm³/mol. The highest BCUT2D eigenvalue weighted by Crippen LogP contribution is 2.49. The number of ether oxygens (including phenoxy) is 2. The van der Waals surface area contributed by atoms with E-state index in [1.165, 1.54) is 7.11 Å². The fourth-order valence-corrected chi connectivity index (χ4v) is 4.00. The number of rotatable bonds is 6. The molecule has 2 aliphatic rings. The lowest BCUT2D eigenvalue weighted by atomic mass is 9.83. The number of anilines is 1. The van der Waals surface area contributed by atoms with Crippen molar-refractivity contribution in [3.8, 4) is 0 Å². The monoisotopic (exact) mass is 384 g/mol. The quantitative estimate of drug-likeness (QED) is 0.657. The molecule has 1 amide bonds. The SMILES string of the molecule is COC(=O)CCNC(=O)Cc1ccc2c(c1)[C@@H]1OCC[C@@H]1[C@H](c1ncc[nH]1)N2. The summed E-state index contributed by atoms with van der Waals surface area (Å²) in [6.45, 7) is 0.989. The summed E-state index contributed by atoms with van der Waals surface area (Å²) in [4.78, 5) is 30.9.